The van der Waals surface area contributed by atoms with E-state index in [2.05, 4.69) is 26.1 Å². The fourth-order valence-electron chi connectivity index (χ4n) is 1.48. The smallest absolute Gasteiger partial charge is 0.244 e. The van der Waals surface area contributed by atoms with E-state index in [1.54, 1.807) is 19.3 Å². The minimum Gasteiger partial charge on any atom is -0.497 e. The number of methoxy groups -OCH3 is 1. The number of carbonyl (C=O) groups excluding carboxylic acids is 1. The minimum absolute atomic E-state index is 0.0599. The summed E-state index contributed by atoms with van der Waals surface area (Å²) in [4.78, 5) is 11.6. The highest BCUT2D eigenvalue weighted by Gasteiger charge is 2.09. The van der Waals surface area contributed by atoms with Crippen molar-refractivity contribution in [3.8, 4) is 5.75 Å². The van der Waals surface area contributed by atoms with Gasteiger partial charge in [0.2, 0.25) is 5.91 Å². The zero-order valence-electron chi connectivity index (χ0n) is 12.6. The minimum atomic E-state index is -0.0599. The molecule has 20 heavy (non-hydrogen) atoms. The molecule has 1 amide bonds. The molecule has 4 heteroatoms. The van der Waals surface area contributed by atoms with Crippen molar-refractivity contribution in [1.82, 2.24) is 5.32 Å². The Bertz CT molecular complexity index is 447. The summed E-state index contributed by atoms with van der Waals surface area (Å²) in [6, 6.07) is 7.57. The summed E-state index contributed by atoms with van der Waals surface area (Å²) in [6.45, 7) is 7.20. The molecule has 0 radical (unpaired) electrons. The van der Waals surface area contributed by atoms with Gasteiger partial charge in [-0.3, -0.25) is 4.79 Å². The van der Waals surface area contributed by atoms with Gasteiger partial charge in [0.15, 0.2) is 0 Å². The molecule has 0 saturated carbocycles. The second kappa shape index (κ2) is 8.00. The zero-order chi connectivity index (χ0) is 15.0. The van der Waals surface area contributed by atoms with Crippen molar-refractivity contribution < 1.29 is 9.53 Å². The number of benzene rings is 1. The SMILES string of the molecule is COc1ccc(C=CC(=O)NCCSC(C)(C)C)cc1. The summed E-state index contributed by atoms with van der Waals surface area (Å²) in [5.41, 5.74) is 0.977. The molecular weight excluding hydrogens is 270 g/mol. The third-order valence-electron chi connectivity index (χ3n) is 2.48. The quantitative estimate of drug-likeness (QED) is 0.645. The van der Waals surface area contributed by atoms with Crippen LogP contribution in [-0.2, 0) is 4.79 Å². The van der Waals surface area contributed by atoms with Gasteiger partial charge in [0.25, 0.3) is 0 Å². The van der Waals surface area contributed by atoms with E-state index in [4.69, 9.17) is 4.74 Å². The lowest BCUT2D eigenvalue weighted by molar-refractivity contribution is -0.116. The van der Waals surface area contributed by atoms with Crippen molar-refractivity contribution in [2.45, 2.75) is 25.5 Å². The molecule has 0 unspecified atom stereocenters. The van der Waals surface area contributed by atoms with E-state index in [0.29, 0.717) is 6.54 Å². The summed E-state index contributed by atoms with van der Waals surface area (Å²) in [5, 5.41) is 2.88. The largest absolute Gasteiger partial charge is 0.497 e. The van der Waals surface area contributed by atoms with Crippen LogP contribution < -0.4 is 10.1 Å². The number of hydrogen-bond acceptors (Lipinski definition) is 3. The van der Waals surface area contributed by atoms with Gasteiger partial charge in [-0.1, -0.05) is 32.9 Å². The van der Waals surface area contributed by atoms with Gasteiger partial charge in [-0.2, -0.15) is 11.8 Å². The Morgan fingerprint density at radius 3 is 2.50 bits per heavy atom. The maximum Gasteiger partial charge on any atom is 0.244 e. The van der Waals surface area contributed by atoms with Crippen molar-refractivity contribution in [1.29, 1.82) is 0 Å². The standard InChI is InChI=1S/C16H23NO2S/c1-16(2,3)20-12-11-17-15(18)10-7-13-5-8-14(19-4)9-6-13/h5-10H,11-12H2,1-4H3,(H,17,18). The monoisotopic (exact) mass is 293 g/mol. The van der Waals surface area contributed by atoms with Gasteiger partial charge in [0.1, 0.15) is 5.75 Å². The number of rotatable bonds is 6. The molecular formula is C16H23NO2S. The fraction of sp³-hybridized carbons (Fsp3) is 0.438. The van der Waals surface area contributed by atoms with E-state index in [-0.39, 0.29) is 10.7 Å². The van der Waals surface area contributed by atoms with Crippen LogP contribution in [0, 0.1) is 0 Å². The molecule has 0 aromatic heterocycles. The molecule has 0 aliphatic rings. The van der Waals surface area contributed by atoms with Crippen LogP contribution in [0.3, 0.4) is 0 Å². The summed E-state index contributed by atoms with van der Waals surface area (Å²) in [5.74, 6) is 1.67. The van der Waals surface area contributed by atoms with E-state index < -0.39 is 0 Å². The highest BCUT2D eigenvalue weighted by Crippen LogP contribution is 2.21. The Hall–Kier alpha value is -1.42. The molecule has 0 aliphatic heterocycles. The van der Waals surface area contributed by atoms with Gasteiger partial charge in [0.05, 0.1) is 7.11 Å². The fourth-order valence-corrected chi connectivity index (χ4v) is 2.29. The third kappa shape index (κ3) is 7.24. The van der Waals surface area contributed by atoms with Crippen LogP contribution >= 0.6 is 11.8 Å². The lowest BCUT2D eigenvalue weighted by Gasteiger charge is -2.17. The average Bonchev–Trinajstić information content (AvgIpc) is 2.41. The highest BCUT2D eigenvalue weighted by atomic mass is 32.2. The molecule has 1 rings (SSSR count). The Labute approximate surface area is 125 Å². The normalized spacial score (nSPS) is 11.6. The molecule has 0 fully saturated rings. The molecule has 1 aromatic rings. The summed E-state index contributed by atoms with van der Waals surface area (Å²) in [7, 11) is 1.63. The van der Waals surface area contributed by atoms with Crippen molar-refractivity contribution in [3.63, 3.8) is 0 Å². The predicted molar refractivity (Wildman–Crippen MR) is 87.2 cm³/mol. The zero-order valence-corrected chi connectivity index (χ0v) is 13.4. The van der Waals surface area contributed by atoms with E-state index in [1.165, 1.54) is 0 Å². The topological polar surface area (TPSA) is 38.3 Å². The van der Waals surface area contributed by atoms with Gasteiger partial charge in [-0.15, -0.1) is 0 Å². The van der Waals surface area contributed by atoms with Gasteiger partial charge >= 0.3 is 0 Å². The second-order valence-corrected chi connectivity index (χ2v) is 7.28. The summed E-state index contributed by atoms with van der Waals surface area (Å²) in [6.07, 6.45) is 3.36. The van der Waals surface area contributed by atoms with Crippen LogP contribution in [0.1, 0.15) is 26.3 Å². The molecule has 0 aliphatic carbocycles. The molecule has 110 valence electrons. The third-order valence-corrected chi connectivity index (χ3v) is 3.75. The second-order valence-electron chi connectivity index (χ2n) is 5.36. The van der Waals surface area contributed by atoms with Gasteiger partial charge < -0.3 is 10.1 Å². The van der Waals surface area contributed by atoms with Gasteiger partial charge in [-0.05, 0) is 23.8 Å². The number of amides is 1. The van der Waals surface area contributed by atoms with Crippen molar-refractivity contribution in [2.75, 3.05) is 19.4 Å². The molecule has 0 saturated heterocycles. The van der Waals surface area contributed by atoms with Crippen LogP contribution in [0.5, 0.6) is 5.75 Å². The average molecular weight is 293 g/mol. The molecule has 0 spiro atoms. The molecule has 3 nitrogen and oxygen atoms in total. The molecule has 0 heterocycles. The molecule has 1 N–H and O–H groups in total. The Balaban J connectivity index is 2.32. The first-order valence-electron chi connectivity index (χ1n) is 6.64. The maximum atomic E-state index is 11.6. The van der Waals surface area contributed by atoms with Crippen molar-refractivity contribution in [3.05, 3.63) is 35.9 Å². The number of thioether (sulfide) groups is 1. The van der Waals surface area contributed by atoms with Crippen LogP contribution in [0.4, 0.5) is 0 Å². The highest BCUT2D eigenvalue weighted by molar-refractivity contribution is 8.00. The molecule has 1 aromatic carbocycles. The lowest BCUT2D eigenvalue weighted by atomic mass is 10.2. The predicted octanol–water partition coefficient (Wildman–Crippen LogP) is 3.36. The molecule has 0 atom stereocenters. The number of carbonyl (C=O) groups is 1. The van der Waals surface area contributed by atoms with Crippen molar-refractivity contribution in [2.24, 2.45) is 0 Å². The van der Waals surface area contributed by atoms with E-state index >= 15 is 0 Å². The van der Waals surface area contributed by atoms with Crippen LogP contribution in [0.2, 0.25) is 0 Å². The van der Waals surface area contributed by atoms with Crippen LogP contribution in [0.25, 0.3) is 6.08 Å². The molecule has 0 bridgehead atoms. The van der Waals surface area contributed by atoms with E-state index in [9.17, 15) is 4.79 Å². The number of nitrogens with one attached hydrogen (secondary N) is 1. The van der Waals surface area contributed by atoms with Crippen molar-refractivity contribution >= 4 is 23.7 Å². The van der Waals surface area contributed by atoms with E-state index in [0.717, 1.165) is 17.1 Å². The first-order valence-corrected chi connectivity index (χ1v) is 7.63. The Kier molecular flexibility index (Phi) is 6.65. The van der Waals surface area contributed by atoms with E-state index in [1.807, 2.05) is 36.0 Å². The first kappa shape index (κ1) is 16.6. The van der Waals surface area contributed by atoms with Gasteiger partial charge in [-0.25, -0.2) is 0 Å². The Morgan fingerprint density at radius 1 is 1.30 bits per heavy atom. The van der Waals surface area contributed by atoms with Gasteiger partial charge in [0, 0.05) is 23.1 Å². The lowest BCUT2D eigenvalue weighted by Crippen LogP contribution is -2.25. The number of hydrogen-bond donors (Lipinski definition) is 1. The summed E-state index contributed by atoms with van der Waals surface area (Å²) >= 11 is 1.84. The Morgan fingerprint density at radius 2 is 1.95 bits per heavy atom. The van der Waals surface area contributed by atoms with Crippen LogP contribution in [-0.4, -0.2) is 30.1 Å². The first-order chi connectivity index (χ1) is 9.40. The number of ether oxygens (including phenoxy) is 1. The van der Waals surface area contributed by atoms with Crippen LogP contribution in [0.15, 0.2) is 30.3 Å². The maximum absolute atomic E-state index is 11.6. The summed E-state index contributed by atoms with van der Waals surface area (Å²) < 4.78 is 5.32.